The first-order valence-corrected chi connectivity index (χ1v) is 6.93. The molecule has 0 amide bonds. The summed E-state index contributed by atoms with van der Waals surface area (Å²) in [6.07, 6.45) is 0. The first kappa shape index (κ1) is 12.3. The highest BCUT2D eigenvalue weighted by atomic mass is 35.5. The third-order valence-corrected chi connectivity index (χ3v) is 3.90. The highest BCUT2D eigenvalue weighted by Gasteiger charge is 2.12. The van der Waals surface area contributed by atoms with Crippen LogP contribution in [0, 0.1) is 5.82 Å². The fourth-order valence-corrected chi connectivity index (χ4v) is 2.99. The number of hydrogen-bond donors (Lipinski definition) is 1. The van der Waals surface area contributed by atoms with Crippen LogP contribution in [0.5, 0.6) is 0 Å². The summed E-state index contributed by atoms with van der Waals surface area (Å²) in [6.45, 7) is 0. The second kappa shape index (κ2) is 4.75. The highest BCUT2D eigenvalue weighted by Crippen LogP contribution is 2.30. The first-order chi connectivity index (χ1) is 9.19. The zero-order chi connectivity index (χ0) is 13.4. The van der Waals surface area contributed by atoms with E-state index in [4.69, 9.17) is 11.6 Å². The van der Waals surface area contributed by atoms with Gasteiger partial charge >= 0.3 is 0 Å². The number of nitrogens with zero attached hydrogens (tertiary/aromatic N) is 1. The third-order valence-electron chi connectivity index (χ3n) is 2.77. The number of rotatable bonds is 2. The van der Waals surface area contributed by atoms with E-state index >= 15 is 0 Å². The second-order valence-corrected chi connectivity index (χ2v) is 5.11. The van der Waals surface area contributed by atoms with Crippen molar-refractivity contribution in [3.8, 4) is 11.1 Å². The van der Waals surface area contributed by atoms with Crippen molar-refractivity contribution in [3.05, 3.63) is 51.6 Å². The Bertz CT molecular complexity index is 795. The summed E-state index contributed by atoms with van der Waals surface area (Å²) in [6, 6.07) is 6.03. The zero-order valence-electron chi connectivity index (χ0n) is 9.61. The monoisotopic (exact) mass is 294 g/mol. The molecule has 0 bridgehead atoms. The number of nitrogens with one attached hydrogen (secondary N) is 1. The van der Waals surface area contributed by atoms with Crippen molar-refractivity contribution >= 4 is 33.2 Å². The van der Waals surface area contributed by atoms with Crippen LogP contribution in [0.4, 0.5) is 4.39 Å². The van der Waals surface area contributed by atoms with E-state index in [-0.39, 0.29) is 17.3 Å². The van der Waals surface area contributed by atoms with Crippen molar-refractivity contribution in [2.24, 2.45) is 0 Å². The van der Waals surface area contributed by atoms with Crippen LogP contribution in [0.25, 0.3) is 21.3 Å². The third kappa shape index (κ3) is 2.15. The largest absolute Gasteiger partial charge is 0.309 e. The molecule has 19 heavy (non-hydrogen) atoms. The van der Waals surface area contributed by atoms with E-state index in [9.17, 15) is 9.18 Å². The van der Waals surface area contributed by atoms with Crippen molar-refractivity contribution in [3.63, 3.8) is 0 Å². The smallest absolute Gasteiger partial charge is 0.260 e. The van der Waals surface area contributed by atoms with Crippen LogP contribution in [0.3, 0.4) is 0 Å². The van der Waals surface area contributed by atoms with Gasteiger partial charge in [0.2, 0.25) is 0 Å². The number of fused-ring (bicyclic) bond motifs is 1. The number of halogens is 2. The fourth-order valence-electron chi connectivity index (χ4n) is 1.90. The lowest BCUT2D eigenvalue weighted by Crippen LogP contribution is -2.10. The van der Waals surface area contributed by atoms with Crippen LogP contribution >= 0.6 is 22.9 Å². The summed E-state index contributed by atoms with van der Waals surface area (Å²) < 4.78 is 12.9. The molecular weight excluding hydrogens is 287 g/mol. The van der Waals surface area contributed by atoms with Gasteiger partial charge in [-0.25, -0.2) is 9.37 Å². The Morgan fingerprint density at radius 3 is 2.74 bits per heavy atom. The molecule has 3 nitrogen and oxygen atoms in total. The number of thiophene rings is 1. The average molecular weight is 295 g/mol. The maximum absolute atomic E-state index is 12.9. The molecule has 2 heterocycles. The van der Waals surface area contributed by atoms with E-state index in [2.05, 4.69) is 9.97 Å². The predicted molar refractivity (Wildman–Crippen MR) is 75.2 cm³/mol. The Kier molecular flexibility index (Phi) is 3.08. The minimum absolute atomic E-state index is 0.162. The summed E-state index contributed by atoms with van der Waals surface area (Å²) in [5.41, 5.74) is 1.33. The van der Waals surface area contributed by atoms with Crippen LogP contribution in [0.15, 0.2) is 34.4 Å². The molecular formula is C13H8ClFN2OS. The molecule has 0 aliphatic heterocycles. The Labute approximate surface area is 116 Å². The molecule has 1 aromatic carbocycles. The lowest BCUT2D eigenvalue weighted by Gasteiger charge is -2.00. The molecule has 3 rings (SSSR count). The predicted octanol–water partition coefficient (Wildman–Crippen LogP) is 3.53. The Morgan fingerprint density at radius 1 is 1.32 bits per heavy atom. The van der Waals surface area contributed by atoms with Crippen LogP contribution < -0.4 is 5.56 Å². The van der Waals surface area contributed by atoms with Crippen molar-refractivity contribution in [2.75, 3.05) is 0 Å². The minimum Gasteiger partial charge on any atom is -0.309 e. The first-order valence-electron chi connectivity index (χ1n) is 5.51. The molecule has 0 spiro atoms. The highest BCUT2D eigenvalue weighted by molar-refractivity contribution is 7.17. The quantitative estimate of drug-likeness (QED) is 0.735. The van der Waals surface area contributed by atoms with Gasteiger partial charge in [-0.15, -0.1) is 22.9 Å². The van der Waals surface area contributed by atoms with Crippen LogP contribution in [0.1, 0.15) is 5.82 Å². The van der Waals surface area contributed by atoms with E-state index < -0.39 is 0 Å². The molecule has 2 aromatic heterocycles. The van der Waals surface area contributed by atoms with Gasteiger partial charge in [0.25, 0.3) is 5.56 Å². The molecule has 0 aliphatic carbocycles. The lowest BCUT2D eigenvalue weighted by molar-refractivity contribution is 0.628. The average Bonchev–Trinajstić information content (AvgIpc) is 2.84. The van der Waals surface area contributed by atoms with Crippen molar-refractivity contribution in [1.82, 2.24) is 9.97 Å². The normalized spacial score (nSPS) is 11.1. The molecule has 0 unspecified atom stereocenters. The number of aromatic nitrogens is 2. The van der Waals surface area contributed by atoms with Gasteiger partial charge in [-0.3, -0.25) is 4.79 Å². The van der Waals surface area contributed by atoms with Crippen LogP contribution in [0.2, 0.25) is 0 Å². The van der Waals surface area contributed by atoms with Crippen molar-refractivity contribution in [1.29, 1.82) is 0 Å². The molecule has 6 heteroatoms. The van der Waals surface area contributed by atoms with Gasteiger partial charge in [0, 0.05) is 10.9 Å². The Balaban J connectivity index is 2.26. The van der Waals surface area contributed by atoms with Gasteiger partial charge in [-0.1, -0.05) is 12.1 Å². The maximum Gasteiger partial charge on any atom is 0.260 e. The standard InChI is InChI=1S/C13H8ClFN2OS/c14-5-10-16-12(18)11-9(6-19-13(11)17-10)7-1-3-8(15)4-2-7/h1-4,6H,5H2,(H,16,17,18). The Hall–Kier alpha value is -1.72. The van der Waals surface area contributed by atoms with E-state index in [1.807, 2.05) is 5.38 Å². The van der Waals surface area contributed by atoms with Gasteiger partial charge in [0.15, 0.2) is 0 Å². The van der Waals surface area contributed by atoms with Gasteiger partial charge in [0.05, 0.1) is 11.3 Å². The topological polar surface area (TPSA) is 45.8 Å². The van der Waals surface area contributed by atoms with Crippen LogP contribution in [-0.4, -0.2) is 9.97 Å². The van der Waals surface area contributed by atoms with E-state index in [1.165, 1.54) is 23.5 Å². The Morgan fingerprint density at radius 2 is 2.05 bits per heavy atom. The molecule has 0 fully saturated rings. The summed E-state index contributed by atoms with van der Waals surface area (Å²) >= 11 is 7.04. The van der Waals surface area contributed by atoms with Gasteiger partial charge in [-0.2, -0.15) is 0 Å². The van der Waals surface area contributed by atoms with Gasteiger partial charge in [-0.05, 0) is 17.7 Å². The second-order valence-electron chi connectivity index (χ2n) is 3.98. The van der Waals surface area contributed by atoms with Gasteiger partial charge < -0.3 is 4.98 Å². The molecule has 96 valence electrons. The van der Waals surface area contributed by atoms with Crippen molar-refractivity contribution < 1.29 is 4.39 Å². The minimum atomic E-state index is -0.306. The maximum atomic E-state index is 12.9. The zero-order valence-corrected chi connectivity index (χ0v) is 11.2. The molecule has 1 N–H and O–H groups in total. The number of H-pyrrole nitrogens is 1. The number of benzene rings is 1. The summed E-state index contributed by atoms with van der Waals surface area (Å²) in [7, 11) is 0. The van der Waals surface area contributed by atoms with E-state index in [1.54, 1.807) is 12.1 Å². The molecule has 0 aliphatic rings. The summed E-state index contributed by atoms with van der Waals surface area (Å²) in [5, 5.41) is 2.36. The number of hydrogen-bond acceptors (Lipinski definition) is 3. The van der Waals surface area contributed by atoms with Gasteiger partial charge in [0.1, 0.15) is 16.5 Å². The molecule has 3 aromatic rings. The van der Waals surface area contributed by atoms with E-state index in [0.29, 0.717) is 16.0 Å². The van der Waals surface area contributed by atoms with Crippen LogP contribution in [-0.2, 0) is 5.88 Å². The number of alkyl halides is 1. The van der Waals surface area contributed by atoms with Crippen molar-refractivity contribution in [2.45, 2.75) is 5.88 Å². The lowest BCUT2D eigenvalue weighted by atomic mass is 10.1. The molecule has 0 radical (unpaired) electrons. The SMILES string of the molecule is O=c1[nH]c(CCl)nc2scc(-c3ccc(F)cc3)c12. The van der Waals surface area contributed by atoms with E-state index in [0.717, 1.165) is 11.1 Å². The molecule has 0 saturated carbocycles. The summed E-state index contributed by atoms with van der Waals surface area (Å²) in [5.74, 6) is 0.307. The fraction of sp³-hybridized carbons (Fsp3) is 0.0769. The number of aromatic amines is 1. The molecule has 0 saturated heterocycles. The summed E-state index contributed by atoms with van der Waals surface area (Å²) in [4.78, 5) is 19.6. The molecule has 0 atom stereocenters.